The average molecular weight is 463 g/mol. The lowest BCUT2D eigenvalue weighted by atomic mass is 9.86. The van der Waals surface area contributed by atoms with Gasteiger partial charge in [0.15, 0.2) is 0 Å². The van der Waals surface area contributed by atoms with Gasteiger partial charge in [0, 0.05) is 7.05 Å². The Kier molecular flexibility index (Phi) is 11.4. The zero-order valence-corrected chi connectivity index (χ0v) is 18.2. The van der Waals surface area contributed by atoms with Crippen LogP contribution in [-0.2, 0) is 30.5 Å². The Hall–Kier alpha value is -3.15. The Balaban J connectivity index is 0.00000118. The van der Waals surface area contributed by atoms with Crippen molar-refractivity contribution in [2.75, 3.05) is 7.05 Å². The third-order valence-corrected chi connectivity index (χ3v) is 3.87. The Morgan fingerprint density at radius 3 is 1.97 bits per heavy atom. The highest BCUT2D eigenvalue weighted by atomic mass is 19.4. The molecule has 0 aromatic heterocycles. The summed E-state index contributed by atoms with van der Waals surface area (Å²) in [5.41, 5.74) is 6.13. The molecule has 0 heterocycles. The fraction of sp³-hybridized carbons (Fsp3) is 0.500. The molecule has 1 aromatic carbocycles. The van der Waals surface area contributed by atoms with Crippen LogP contribution in [0.5, 0.6) is 0 Å². The van der Waals surface area contributed by atoms with Gasteiger partial charge in [0.1, 0.15) is 12.6 Å². The fourth-order valence-corrected chi connectivity index (χ4v) is 2.14. The van der Waals surface area contributed by atoms with Gasteiger partial charge in [-0.25, -0.2) is 4.79 Å². The molecule has 2 amide bonds. The van der Waals surface area contributed by atoms with Crippen LogP contribution in [-0.4, -0.2) is 54.2 Å². The van der Waals surface area contributed by atoms with E-state index >= 15 is 0 Å². The van der Waals surface area contributed by atoms with Gasteiger partial charge in [0.2, 0.25) is 11.8 Å². The van der Waals surface area contributed by atoms with Gasteiger partial charge >= 0.3 is 18.1 Å². The van der Waals surface area contributed by atoms with Gasteiger partial charge in [-0.2, -0.15) is 13.2 Å². The molecule has 0 aliphatic carbocycles. The number of rotatable bonds is 7. The topological polar surface area (TPSA) is 148 Å². The first kappa shape index (κ1) is 28.9. The molecule has 2 unspecified atom stereocenters. The van der Waals surface area contributed by atoms with E-state index in [1.165, 1.54) is 7.05 Å². The highest BCUT2D eigenvalue weighted by Gasteiger charge is 2.38. The third-order valence-electron chi connectivity index (χ3n) is 3.87. The molecule has 0 radical (unpaired) electrons. The molecule has 1 rings (SSSR count). The van der Waals surface area contributed by atoms with Crippen LogP contribution in [0.4, 0.5) is 13.2 Å². The van der Waals surface area contributed by atoms with Crippen molar-refractivity contribution in [3.05, 3.63) is 35.9 Å². The van der Waals surface area contributed by atoms with Gasteiger partial charge in [-0.15, -0.1) is 0 Å². The highest BCUT2D eigenvalue weighted by molar-refractivity contribution is 5.91. The van der Waals surface area contributed by atoms with Crippen LogP contribution in [0.15, 0.2) is 30.3 Å². The van der Waals surface area contributed by atoms with E-state index in [1.807, 2.05) is 51.1 Å². The summed E-state index contributed by atoms with van der Waals surface area (Å²) in [6.45, 7) is 5.60. The zero-order valence-electron chi connectivity index (χ0n) is 18.2. The maximum atomic E-state index is 12.2. The van der Waals surface area contributed by atoms with Gasteiger partial charge in [0.05, 0.1) is 12.5 Å². The molecule has 32 heavy (non-hydrogen) atoms. The lowest BCUT2D eigenvalue weighted by Gasteiger charge is -2.30. The molecule has 0 saturated heterocycles. The number of aliphatic carboxylic acids is 1. The summed E-state index contributed by atoms with van der Waals surface area (Å²) in [5.74, 6) is -4.22. The minimum Gasteiger partial charge on any atom is -0.475 e. The molecule has 0 aliphatic heterocycles. The van der Waals surface area contributed by atoms with Crippen molar-refractivity contribution >= 4 is 23.8 Å². The van der Waals surface area contributed by atoms with Gasteiger partial charge in [-0.3, -0.25) is 14.4 Å². The van der Waals surface area contributed by atoms with Crippen LogP contribution < -0.4 is 16.4 Å². The quantitative estimate of drug-likeness (QED) is 0.446. The van der Waals surface area contributed by atoms with Crippen LogP contribution in [0.25, 0.3) is 0 Å². The summed E-state index contributed by atoms with van der Waals surface area (Å²) in [6, 6.07) is 7.37. The number of carbonyl (C=O) groups excluding carboxylic acids is 3. The van der Waals surface area contributed by atoms with Crippen molar-refractivity contribution in [1.29, 1.82) is 0 Å². The molecule has 9 nitrogen and oxygen atoms in total. The second-order valence-electron chi connectivity index (χ2n) is 7.68. The van der Waals surface area contributed by atoms with E-state index in [1.54, 1.807) is 0 Å². The number of carbonyl (C=O) groups is 4. The molecular formula is C20H28F3N3O6. The van der Waals surface area contributed by atoms with Crippen molar-refractivity contribution in [3.63, 3.8) is 0 Å². The van der Waals surface area contributed by atoms with E-state index in [4.69, 9.17) is 20.4 Å². The minimum absolute atomic E-state index is 0.122. The Labute approximate surface area is 183 Å². The lowest BCUT2D eigenvalue weighted by Crippen LogP contribution is -2.56. The molecule has 0 bridgehead atoms. The Bertz CT molecular complexity index is 779. The second-order valence-corrected chi connectivity index (χ2v) is 7.68. The monoisotopic (exact) mass is 463 g/mol. The summed E-state index contributed by atoms with van der Waals surface area (Å²) in [4.78, 5) is 44.9. The number of amides is 2. The summed E-state index contributed by atoms with van der Waals surface area (Å²) < 4.78 is 36.8. The van der Waals surface area contributed by atoms with Crippen molar-refractivity contribution in [2.24, 2.45) is 11.1 Å². The van der Waals surface area contributed by atoms with E-state index in [0.717, 1.165) is 5.56 Å². The number of hydrogen-bond donors (Lipinski definition) is 4. The smallest absolute Gasteiger partial charge is 0.475 e. The summed E-state index contributed by atoms with van der Waals surface area (Å²) in [6.07, 6.45) is -5.34. The minimum atomic E-state index is -5.08. The van der Waals surface area contributed by atoms with E-state index in [0.29, 0.717) is 0 Å². The molecular weight excluding hydrogens is 435 g/mol. The largest absolute Gasteiger partial charge is 0.490 e. The number of hydrogen-bond acceptors (Lipinski definition) is 6. The first-order chi connectivity index (χ1) is 14.6. The van der Waals surface area contributed by atoms with Crippen molar-refractivity contribution in [1.82, 2.24) is 10.6 Å². The molecule has 0 fully saturated rings. The number of likely N-dealkylation sites (N-methyl/N-ethyl adjacent to an activating group) is 1. The number of halogens is 3. The molecule has 180 valence electrons. The van der Waals surface area contributed by atoms with Crippen LogP contribution >= 0.6 is 0 Å². The highest BCUT2D eigenvalue weighted by Crippen LogP contribution is 2.19. The molecule has 2 atom stereocenters. The van der Waals surface area contributed by atoms with E-state index in [2.05, 4.69) is 10.6 Å². The van der Waals surface area contributed by atoms with E-state index < -0.39 is 41.5 Å². The Morgan fingerprint density at radius 2 is 1.56 bits per heavy atom. The number of alkyl halides is 3. The Morgan fingerprint density at radius 1 is 1.06 bits per heavy atom. The number of esters is 1. The molecule has 0 aliphatic rings. The van der Waals surface area contributed by atoms with Crippen LogP contribution in [0.3, 0.4) is 0 Å². The first-order valence-corrected chi connectivity index (χ1v) is 9.36. The number of nitrogens with one attached hydrogen (secondary N) is 2. The van der Waals surface area contributed by atoms with Crippen molar-refractivity contribution in [3.8, 4) is 0 Å². The standard InChI is InChI=1S/C18H27N3O4.C2HF3O2/c1-18(2,3)15(17(24)20-4)21-16(23)13(19)10-14(22)25-11-12-8-6-5-7-9-12;3-2(4,5)1(6)7/h5-9,13,15H,10-11,19H2,1-4H3,(H,20,24)(H,21,23);(H,6,7). The van der Waals surface area contributed by atoms with E-state index in [9.17, 15) is 27.6 Å². The van der Waals surface area contributed by atoms with E-state index in [-0.39, 0.29) is 18.9 Å². The normalized spacial score (nSPS) is 13.0. The van der Waals surface area contributed by atoms with Crippen molar-refractivity contribution < 1.29 is 42.2 Å². The first-order valence-electron chi connectivity index (χ1n) is 9.36. The molecule has 0 saturated carbocycles. The van der Waals surface area contributed by atoms with Crippen LogP contribution in [0, 0.1) is 5.41 Å². The SMILES string of the molecule is CNC(=O)C(NC(=O)C(N)CC(=O)OCc1ccccc1)C(C)(C)C.O=C(O)C(F)(F)F. The van der Waals surface area contributed by atoms with Crippen molar-refractivity contribution in [2.45, 2.75) is 52.1 Å². The maximum Gasteiger partial charge on any atom is 0.490 e. The molecule has 0 spiro atoms. The predicted octanol–water partition coefficient (Wildman–Crippen LogP) is 1.36. The van der Waals surface area contributed by atoms with Gasteiger partial charge in [-0.05, 0) is 11.0 Å². The summed E-state index contributed by atoms with van der Waals surface area (Å²) >= 11 is 0. The number of carboxylic acids is 1. The summed E-state index contributed by atoms with van der Waals surface area (Å²) in [5, 5.41) is 12.2. The van der Waals surface area contributed by atoms with Crippen LogP contribution in [0.1, 0.15) is 32.8 Å². The molecule has 12 heteroatoms. The molecule has 5 N–H and O–H groups in total. The van der Waals surface area contributed by atoms with Crippen LogP contribution in [0.2, 0.25) is 0 Å². The van der Waals surface area contributed by atoms with Gasteiger partial charge < -0.3 is 26.2 Å². The second kappa shape index (κ2) is 12.6. The number of benzene rings is 1. The average Bonchev–Trinajstić information content (AvgIpc) is 2.69. The molecule has 1 aromatic rings. The van der Waals surface area contributed by atoms with Gasteiger partial charge in [0.25, 0.3) is 0 Å². The zero-order chi connectivity index (χ0) is 25.1. The predicted molar refractivity (Wildman–Crippen MR) is 108 cm³/mol. The lowest BCUT2D eigenvalue weighted by molar-refractivity contribution is -0.192. The number of carboxylic acid groups (broad SMARTS) is 1. The number of ether oxygens (including phenoxy) is 1. The maximum absolute atomic E-state index is 12.2. The van der Waals surface area contributed by atoms with Gasteiger partial charge in [-0.1, -0.05) is 51.1 Å². The number of nitrogens with two attached hydrogens (primary N) is 1. The summed E-state index contributed by atoms with van der Waals surface area (Å²) in [7, 11) is 1.49. The fourth-order valence-electron chi connectivity index (χ4n) is 2.14. The third kappa shape index (κ3) is 11.3.